The second-order valence-electron chi connectivity index (χ2n) is 6.37. The molecule has 118 valence electrons. The Balaban J connectivity index is 2.27. The van der Waals surface area contributed by atoms with Gasteiger partial charge in [0.1, 0.15) is 0 Å². The molecule has 3 heteroatoms. The average molecular weight is 291 g/mol. The fourth-order valence-corrected chi connectivity index (χ4v) is 3.62. The summed E-state index contributed by atoms with van der Waals surface area (Å²) in [4.78, 5) is 0. The molecule has 0 bridgehead atoms. The molecule has 3 nitrogen and oxygen atoms in total. The van der Waals surface area contributed by atoms with Crippen molar-refractivity contribution in [3.05, 3.63) is 35.4 Å². The molecule has 1 aromatic carbocycles. The Bertz CT molecular complexity index is 425. The van der Waals surface area contributed by atoms with Gasteiger partial charge in [-0.2, -0.15) is 0 Å². The average Bonchev–Trinajstić information content (AvgIpc) is 2.48. The third kappa shape index (κ3) is 3.85. The number of ether oxygens (including phenoxy) is 1. The van der Waals surface area contributed by atoms with E-state index in [2.05, 4.69) is 0 Å². The Morgan fingerprint density at radius 1 is 1.14 bits per heavy atom. The molecule has 1 aromatic rings. The predicted octanol–water partition coefficient (Wildman–Crippen LogP) is 3.56. The number of aliphatic hydroxyl groups is 1. The third-order valence-electron chi connectivity index (χ3n) is 4.99. The van der Waals surface area contributed by atoms with E-state index in [9.17, 15) is 5.11 Å². The van der Waals surface area contributed by atoms with E-state index < -0.39 is 6.10 Å². The van der Waals surface area contributed by atoms with E-state index >= 15 is 0 Å². The molecule has 1 atom stereocenters. The molecule has 1 unspecified atom stereocenters. The number of methoxy groups -OCH3 is 1. The largest absolute Gasteiger partial charge is 0.388 e. The molecule has 0 heterocycles. The second kappa shape index (κ2) is 7.92. The van der Waals surface area contributed by atoms with E-state index in [0.29, 0.717) is 13.2 Å². The summed E-state index contributed by atoms with van der Waals surface area (Å²) in [6.07, 6.45) is 7.71. The van der Waals surface area contributed by atoms with Crippen molar-refractivity contribution in [1.29, 1.82) is 0 Å². The monoisotopic (exact) mass is 291 g/mol. The lowest BCUT2D eigenvalue weighted by molar-refractivity contribution is 0.00688. The Morgan fingerprint density at radius 3 is 2.38 bits per heavy atom. The molecule has 0 aliphatic heterocycles. The van der Waals surface area contributed by atoms with E-state index in [1.165, 1.54) is 32.1 Å². The van der Waals surface area contributed by atoms with Gasteiger partial charge in [0.2, 0.25) is 0 Å². The molecule has 0 aromatic heterocycles. The quantitative estimate of drug-likeness (QED) is 0.872. The van der Waals surface area contributed by atoms with E-state index in [-0.39, 0.29) is 5.41 Å². The molecule has 3 N–H and O–H groups in total. The SMILES string of the molecule is COCc1ccccc1C(O)C1(CN)CCCCCCC1. The van der Waals surface area contributed by atoms with Crippen molar-refractivity contribution >= 4 is 0 Å². The van der Waals surface area contributed by atoms with Gasteiger partial charge in [-0.05, 0) is 24.0 Å². The van der Waals surface area contributed by atoms with Gasteiger partial charge in [0.25, 0.3) is 0 Å². The summed E-state index contributed by atoms with van der Waals surface area (Å²) in [7, 11) is 1.69. The number of hydrogen-bond donors (Lipinski definition) is 2. The van der Waals surface area contributed by atoms with Crippen LogP contribution in [0.25, 0.3) is 0 Å². The zero-order valence-electron chi connectivity index (χ0n) is 13.2. The molecule has 1 fully saturated rings. The lowest BCUT2D eigenvalue weighted by atomic mass is 9.69. The van der Waals surface area contributed by atoms with Crippen LogP contribution in [-0.2, 0) is 11.3 Å². The molecule has 0 radical (unpaired) electrons. The van der Waals surface area contributed by atoms with Gasteiger partial charge in [0.15, 0.2) is 0 Å². The fraction of sp³-hybridized carbons (Fsp3) is 0.667. The van der Waals surface area contributed by atoms with Gasteiger partial charge in [0.05, 0.1) is 12.7 Å². The normalized spacial score (nSPS) is 20.5. The van der Waals surface area contributed by atoms with E-state index in [4.69, 9.17) is 10.5 Å². The standard InChI is InChI=1S/C18H29NO2/c1-21-13-15-9-5-6-10-16(15)17(20)18(14-19)11-7-3-2-4-8-12-18/h5-6,9-10,17,20H,2-4,7-8,11-14,19H2,1H3. The summed E-state index contributed by atoms with van der Waals surface area (Å²) in [5.41, 5.74) is 8.02. The molecule has 0 amide bonds. The van der Waals surface area contributed by atoms with Crippen LogP contribution in [0.2, 0.25) is 0 Å². The maximum atomic E-state index is 11.1. The molecular formula is C18H29NO2. The minimum atomic E-state index is -0.494. The lowest BCUT2D eigenvalue weighted by Gasteiger charge is -2.39. The molecule has 21 heavy (non-hydrogen) atoms. The van der Waals surface area contributed by atoms with Crippen molar-refractivity contribution in [3.8, 4) is 0 Å². The lowest BCUT2D eigenvalue weighted by Crippen LogP contribution is -2.38. The molecule has 2 rings (SSSR count). The summed E-state index contributed by atoms with van der Waals surface area (Å²) >= 11 is 0. The van der Waals surface area contributed by atoms with E-state index in [1.807, 2.05) is 24.3 Å². The van der Waals surface area contributed by atoms with Crippen LogP contribution in [0.1, 0.15) is 62.2 Å². The fourth-order valence-electron chi connectivity index (χ4n) is 3.62. The molecule has 0 spiro atoms. The number of nitrogens with two attached hydrogens (primary N) is 1. The van der Waals surface area contributed by atoms with Gasteiger partial charge < -0.3 is 15.6 Å². The highest BCUT2D eigenvalue weighted by Gasteiger charge is 2.38. The maximum absolute atomic E-state index is 11.1. The summed E-state index contributed by atoms with van der Waals surface area (Å²) in [5, 5.41) is 11.1. The number of rotatable bonds is 5. The number of benzene rings is 1. The summed E-state index contributed by atoms with van der Waals surface area (Å²) < 4.78 is 5.27. The number of hydrogen-bond acceptors (Lipinski definition) is 3. The number of aliphatic hydroxyl groups excluding tert-OH is 1. The zero-order chi connectivity index (χ0) is 15.1. The first kappa shape index (κ1) is 16.5. The molecule has 1 aliphatic carbocycles. The van der Waals surface area contributed by atoms with Crippen LogP contribution in [0.5, 0.6) is 0 Å². The molecule has 0 saturated heterocycles. The van der Waals surface area contributed by atoms with Crippen molar-refractivity contribution in [2.24, 2.45) is 11.1 Å². The second-order valence-corrected chi connectivity index (χ2v) is 6.37. The topological polar surface area (TPSA) is 55.5 Å². The van der Waals surface area contributed by atoms with Crippen molar-refractivity contribution in [2.75, 3.05) is 13.7 Å². The van der Waals surface area contributed by atoms with Gasteiger partial charge in [-0.1, -0.05) is 56.4 Å². The van der Waals surface area contributed by atoms with Crippen LogP contribution in [0.3, 0.4) is 0 Å². The van der Waals surface area contributed by atoms with Gasteiger partial charge in [-0.25, -0.2) is 0 Å². The first-order valence-corrected chi connectivity index (χ1v) is 8.18. The molecular weight excluding hydrogens is 262 g/mol. The van der Waals surface area contributed by atoms with Crippen LogP contribution >= 0.6 is 0 Å². The Kier molecular flexibility index (Phi) is 6.22. The van der Waals surface area contributed by atoms with E-state index in [1.54, 1.807) is 7.11 Å². The van der Waals surface area contributed by atoms with Gasteiger partial charge in [-0.3, -0.25) is 0 Å². The van der Waals surface area contributed by atoms with Gasteiger partial charge in [-0.15, -0.1) is 0 Å². The minimum Gasteiger partial charge on any atom is -0.388 e. The van der Waals surface area contributed by atoms with Crippen LogP contribution in [0, 0.1) is 5.41 Å². The molecule has 1 saturated carbocycles. The summed E-state index contributed by atoms with van der Waals surface area (Å²) in [6, 6.07) is 8.05. The minimum absolute atomic E-state index is 0.176. The Morgan fingerprint density at radius 2 is 1.76 bits per heavy atom. The van der Waals surface area contributed by atoms with Crippen LogP contribution in [0.15, 0.2) is 24.3 Å². The highest BCUT2D eigenvalue weighted by atomic mass is 16.5. The van der Waals surface area contributed by atoms with Crippen molar-refractivity contribution < 1.29 is 9.84 Å². The van der Waals surface area contributed by atoms with Crippen LogP contribution < -0.4 is 5.73 Å². The highest BCUT2D eigenvalue weighted by molar-refractivity contribution is 5.30. The van der Waals surface area contributed by atoms with E-state index in [0.717, 1.165) is 24.0 Å². The van der Waals surface area contributed by atoms with Crippen LogP contribution in [0.4, 0.5) is 0 Å². The summed E-state index contributed by atoms with van der Waals surface area (Å²) in [6.45, 7) is 1.09. The van der Waals surface area contributed by atoms with Crippen molar-refractivity contribution in [2.45, 2.75) is 57.7 Å². The van der Waals surface area contributed by atoms with Gasteiger partial charge in [0, 0.05) is 19.1 Å². The Hall–Kier alpha value is -0.900. The van der Waals surface area contributed by atoms with Crippen LogP contribution in [-0.4, -0.2) is 18.8 Å². The third-order valence-corrected chi connectivity index (χ3v) is 4.99. The predicted molar refractivity (Wildman–Crippen MR) is 85.9 cm³/mol. The Labute approximate surface area is 128 Å². The van der Waals surface area contributed by atoms with Gasteiger partial charge >= 0.3 is 0 Å². The zero-order valence-corrected chi connectivity index (χ0v) is 13.2. The first-order chi connectivity index (χ1) is 10.2. The smallest absolute Gasteiger partial charge is 0.0861 e. The maximum Gasteiger partial charge on any atom is 0.0861 e. The summed E-state index contributed by atoms with van der Waals surface area (Å²) in [5.74, 6) is 0. The highest BCUT2D eigenvalue weighted by Crippen LogP contribution is 2.44. The van der Waals surface area contributed by atoms with Crippen molar-refractivity contribution in [3.63, 3.8) is 0 Å². The molecule has 1 aliphatic rings. The first-order valence-electron chi connectivity index (χ1n) is 8.18. The van der Waals surface area contributed by atoms with Crippen molar-refractivity contribution in [1.82, 2.24) is 0 Å².